The van der Waals surface area contributed by atoms with Crippen LogP contribution in [-0.4, -0.2) is 11.9 Å². The van der Waals surface area contributed by atoms with E-state index in [4.69, 9.17) is 5.73 Å². The van der Waals surface area contributed by atoms with Crippen LogP contribution in [0.3, 0.4) is 0 Å². The highest BCUT2D eigenvalue weighted by Crippen LogP contribution is 2.45. The topological polar surface area (TPSA) is 35.2 Å². The molecule has 1 aromatic carbocycles. The number of anilines is 1. The van der Waals surface area contributed by atoms with E-state index in [1.54, 1.807) is 0 Å². The van der Waals surface area contributed by atoms with Gasteiger partial charge in [-0.05, 0) is 33.8 Å². The van der Waals surface area contributed by atoms with Gasteiger partial charge >= 0.3 is 11.9 Å². The predicted molar refractivity (Wildman–Crippen MR) is 57.1 cm³/mol. The number of nitrogen functional groups attached to an aromatic ring is 1. The van der Waals surface area contributed by atoms with Crippen molar-refractivity contribution in [1.82, 2.24) is 0 Å². The molecule has 2 N–H and O–H groups in total. The van der Waals surface area contributed by atoms with E-state index in [9.17, 15) is 26.3 Å². The van der Waals surface area contributed by atoms with Crippen molar-refractivity contribution in [3.05, 3.63) is 16.6 Å². The van der Waals surface area contributed by atoms with Crippen LogP contribution in [0.2, 0.25) is 0 Å². The van der Waals surface area contributed by atoms with Gasteiger partial charge in [-0.1, -0.05) is 0 Å². The summed E-state index contributed by atoms with van der Waals surface area (Å²) in [4.78, 5) is -0.512. The molecule has 0 saturated carbocycles. The highest BCUT2D eigenvalue weighted by Gasteiger charge is 2.35. The van der Waals surface area contributed by atoms with Crippen molar-refractivity contribution < 1.29 is 31.1 Å². The van der Waals surface area contributed by atoms with Gasteiger partial charge in [-0.25, -0.2) is 0 Å². The first-order valence-electron chi connectivity index (χ1n) is 4.08. The maximum absolute atomic E-state index is 12.2. The molecule has 0 radical (unpaired) electrons. The summed E-state index contributed by atoms with van der Waals surface area (Å²) in [6, 6.07) is 1.67. The number of nitrogens with two attached hydrogens (primary N) is 1. The van der Waals surface area contributed by atoms with Gasteiger partial charge in [-0.15, -0.1) is 13.2 Å². The molecule has 0 heterocycles. The maximum atomic E-state index is 12.2. The second kappa shape index (κ2) is 5.08. The molecular formula is C8H4BrF6NOS. The van der Waals surface area contributed by atoms with E-state index in [0.29, 0.717) is 0 Å². The Morgan fingerprint density at radius 2 is 1.67 bits per heavy atom. The minimum Gasteiger partial charge on any atom is -0.404 e. The Bertz CT molecular complexity index is 409. The normalized spacial score (nSPS) is 12.6. The van der Waals surface area contributed by atoms with Gasteiger partial charge in [0.15, 0.2) is 0 Å². The highest BCUT2D eigenvalue weighted by molar-refractivity contribution is 9.10. The molecule has 102 valence electrons. The monoisotopic (exact) mass is 355 g/mol. The molecule has 18 heavy (non-hydrogen) atoms. The molecule has 2 nitrogen and oxygen atoms in total. The van der Waals surface area contributed by atoms with E-state index >= 15 is 0 Å². The molecule has 0 aliphatic rings. The zero-order valence-electron chi connectivity index (χ0n) is 8.19. The van der Waals surface area contributed by atoms with Gasteiger partial charge in [0.2, 0.25) is 0 Å². The average molecular weight is 356 g/mol. The van der Waals surface area contributed by atoms with Gasteiger partial charge < -0.3 is 10.5 Å². The van der Waals surface area contributed by atoms with Gasteiger partial charge in [-0.3, -0.25) is 0 Å². The van der Waals surface area contributed by atoms with Crippen LogP contribution in [0.1, 0.15) is 0 Å². The third-order valence-corrected chi connectivity index (χ3v) is 3.33. The summed E-state index contributed by atoms with van der Waals surface area (Å²) in [6.45, 7) is 0. The van der Waals surface area contributed by atoms with Crippen molar-refractivity contribution in [2.45, 2.75) is 16.8 Å². The second-order valence-electron chi connectivity index (χ2n) is 2.93. The quantitative estimate of drug-likeness (QED) is 0.480. The van der Waals surface area contributed by atoms with Crippen LogP contribution in [0.5, 0.6) is 5.75 Å². The summed E-state index contributed by atoms with van der Waals surface area (Å²) in [5, 5.41) is 0. The summed E-state index contributed by atoms with van der Waals surface area (Å²) in [7, 11) is 0. The lowest BCUT2D eigenvalue weighted by atomic mass is 10.3. The first-order valence-corrected chi connectivity index (χ1v) is 5.69. The Labute approximate surface area is 110 Å². The van der Waals surface area contributed by atoms with Crippen LogP contribution in [0.4, 0.5) is 32.0 Å². The first kappa shape index (κ1) is 15.3. The smallest absolute Gasteiger partial charge is 0.404 e. The number of rotatable bonds is 2. The number of halogens is 7. The average Bonchev–Trinajstić information content (AvgIpc) is 2.07. The number of ether oxygens (including phenoxy) is 1. The lowest BCUT2D eigenvalue weighted by Crippen LogP contribution is -2.17. The zero-order valence-corrected chi connectivity index (χ0v) is 10.6. The van der Waals surface area contributed by atoms with Crippen molar-refractivity contribution in [3.8, 4) is 5.75 Å². The van der Waals surface area contributed by atoms with Crippen molar-refractivity contribution in [3.63, 3.8) is 0 Å². The molecule has 0 fully saturated rings. The standard InChI is InChI=1S/C8H4BrF6NOS/c9-6-4(17-7(10,11)12)1-3(16)2-5(6)18-8(13,14)15/h1-2H,16H2. The number of hydrogen-bond donors (Lipinski definition) is 1. The van der Waals surface area contributed by atoms with Gasteiger partial charge in [-0.2, -0.15) is 13.2 Å². The van der Waals surface area contributed by atoms with Crippen molar-refractivity contribution in [2.24, 2.45) is 0 Å². The van der Waals surface area contributed by atoms with Crippen molar-refractivity contribution in [1.29, 1.82) is 0 Å². The van der Waals surface area contributed by atoms with Crippen molar-refractivity contribution >= 4 is 33.4 Å². The largest absolute Gasteiger partial charge is 0.573 e. The Morgan fingerprint density at radius 3 is 2.11 bits per heavy atom. The van der Waals surface area contributed by atoms with Gasteiger partial charge in [0.1, 0.15) is 5.75 Å². The number of thioether (sulfide) groups is 1. The summed E-state index contributed by atoms with van der Waals surface area (Å²) < 4.78 is 75.6. The van der Waals surface area contributed by atoms with Crippen LogP contribution in [0, 0.1) is 0 Å². The third kappa shape index (κ3) is 4.84. The lowest BCUT2D eigenvalue weighted by Gasteiger charge is -2.14. The summed E-state index contributed by atoms with van der Waals surface area (Å²) in [6.07, 6.45) is -5.02. The molecule has 0 saturated heterocycles. The maximum Gasteiger partial charge on any atom is 0.573 e. The van der Waals surface area contributed by atoms with Crippen LogP contribution in [0.15, 0.2) is 21.5 Å². The number of benzene rings is 1. The van der Waals surface area contributed by atoms with Gasteiger partial charge in [0.05, 0.1) is 4.47 Å². The number of hydrogen-bond acceptors (Lipinski definition) is 3. The molecule has 0 amide bonds. The van der Waals surface area contributed by atoms with Crippen molar-refractivity contribution in [2.75, 3.05) is 5.73 Å². The van der Waals surface area contributed by atoms with E-state index in [0.717, 1.165) is 12.1 Å². The van der Waals surface area contributed by atoms with Crippen LogP contribution >= 0.6 is 27.7 Å². The molecular weight excluding hydrogens is 352 g/mol. The van der Waals surface area contributed by atoms with Crippen LogP contribution < -0.4 is 10.5 Å². The van der Waals surface area contributed by atoms with Crippen LogP contribution in [-0.2, 0) is 0 Å². The fourth-order valence-corrected chi connectivity index (χ4v) is 2.18. The molecule has 0 atom stereocenters. The molecule has 10 heteroatoms. The highest BCUT2D eigenvalue weighted by atomic mass is 79.9. The molecule has 0 aromatic heterocycles. The summed E-state index contributed by atoms with van der Waals surface area (Å²) in [5.74, 6) is -0.825. The molecule has 1 aromatic rings. The van der Waals surface area contributed by atoms with Gasteiger partial charge in [0, 0.05) is 16.6 Å². The van der Waals surface area contributed by atoms with E-state index in [1.165, 1.54) is 0 Å². The fraction of sp³-hybridized carbons (Fsp3) is 0.250. The van der Waals surface area contributed by atoms with E-state index in [-0.39, 0.29) is 5.69 Å². The minimum absolute atomic E-state index is 0.274. The SMILES string of the molecule is Nc1cc(OC(F)(F)F)c(Br)c(SC(F)(F)F)c1. The summed E-state index contributed by atoms with van der Waals surface area (Å²) >= 11 is 2.03. The number of alkyl halides is 6. The molecule has 0 spiro atoms. The fourth-order valence-electron chi connectivity index (χ4n) is 0.990. The molecule has 1 rings (SSSR count). The Hall–Kier alpha value is -0.770. The van der Waals surface area contributed by atoms with E-state index in [1.807, 2.05) is 0 Å². The summed E-state index contributed by atoms with van der Waals surface area (Å²) in [5.41, 5.74) is 0.296. The minimum atomic E-state index is -5.02. The lowest BCUT2D eigenvalue weighted by molar-refractivity contribution is -0.274. The first-order chi connectivity index (χ1) is 7.98. The molecule has 0 bridgehead atoms. The van der Waals surface area contributed by atoms with E-state index in [2.05, 4.69) is 20.7 Å². The zero-order chi connectivity index (χ0) is 14.1. The molecule has 0 unspecified atom stereocenters. The third-order valence-electron chi connectivity index (χ3n) is 1.48. The van der Waals surface area contributed by atoms with Gasteiger partial charge in [0.25, 0.3) is 0 Å². The molecule has 0 aliphatic carbocycles. The Balaban J connectivity index is 3.14. The predicted octanol–water partition coefficient (Wildman–Crippen LogP) is 4.54. The second-order valence-corrected chi connectivity index (χ2v) is 4.83. The molecule has 0 aliphatic heterocycles. The Kier molecular flexibility index (Phi) is 4.31. The Morgan fingerprint density at radius 1 is 1.11 bits per heavy atom. The van der Waals surface area contributed by atoms with E-state index < -0.39 is 38.8 Å². The van der Waals surface area contributed by atoms with Crippen LogP contribution in [0.25, 0.3) is 0 Å².